The van der Waals surface area contributed by atoms with Crippen molar-refractivity contribution in [2.24, 2.45) is 0 Å². The molecular formula is C7H3ClFN3. The summed E-state index contributed by atoms with van der Waals surface area (Å²) >= 11 is 5.50. The van der Waals surface area contributed by atoms with Gasteiger partial charge in [0.2, 0.25) is 5.28 Å². The number of pyridine rings is 1. The van der Waals surface area contributed by atoms with Gasteiger partial charge in [-0.15, -0.1) is 0 Å². The summed E-state index contributed by atoms with van der Waals surface area (Å²) in [7, 11) is 0. The average molecular weight is 184 g/mol. The first-order valence-electron chi connectivity index (χ1n) is 3.19. The van der Waals surface area contributed by atoms with Crippen molar-refractivity contribution in [3.05, 3.63) is 29.6 Å². The molecule has 2 heterocycles. The van der Waals surface area contributed by atoms with E-state index in [0.717, 1.165) is 6.20 Å². The quantitative estimate of drug-likeness (QED) is 0.585. The van der Waals surface area contributed by atoms with E-state index < -0.39 is 5.82 Å². The zero-order valence-electron chi connectivity index (χ0n) is 5.83. The topological polar surface area (TPSA) is 38.7 Å². The molecule has 0 unspecified atom stereocenters. The lowest BCUT2D eigenvalue weighted by Crippen LogP contribution is -1.88. The van der Waals surface area contributed by atoms with E-state index in [1.54, 1.807) is 0 Å². The smallest absolute Gasteiger partial charge is 0.224 e. The van der Waals surface area contributed by atoms with Crippen molar-refractivity contribution in [1.29, 1.82) is 0 Å². The normalized spacial score (nSPS) is 10.5. The first-order chi connectivity index (χ1) is 5.75. The number of nitrogens with zero attached hydrogens (tertiary/aromatic N) is 3. The van der Waals surface area contributed by atoms with E-state index in [1.807, 2.05) is 0 Å². The van der Waals surface area contributed by atoms with Crippen LogP contribution in [0, 0.1) is 5.82 Å². The van der Waals surface area contributed by atoms with Crippen molar-refractivity contribution in [2.75, 3.05) is 0 Å². The molecule has 0 aliphatic carbocycles. The third-order valence-corrected chi connectivity index (χ3v) is 1.55. The highest BCUT2D eigenvalue weighted by Crippen LogP contribution is 2.10. The Balaban J connectivity index is 2.79. The number of hydrogen-bond acceptors (Lipinski definition) is 3. The third-order valence-electron chi connectivity index (χ3n) is 1.37. The van der Waals surface area contributed by atoms with Crippen molar-refractivity contribution >= 4 is 22.6 Å². The molecule has 2 aromatic heterocycles. The van der Waals surface area contributed by atoms with Crippen molar-refractivity contribution in [3.8, 4) is 0 Å². The Bertz CT molecular complexity index is 391. The maximum Gasteiger partial charge on any atom is 0.224 e. The summed E-state index contributed by atoms with van der Waals surface area (Å²) in [6.45, 7) is 0. The Morgan fingerprint density at radius 2 is 2.08 bits per heavy atom. The average Bonchev–Trinajstić information content (AvgIpc) is 2.05. The number of rotatable bonds is 0. The van der Waals surface area contributed by atoms with Gasteiger partial charge in [0.25, 0.3) is 0 Å². The Morgan fingerprint density at radius 1 is 1.25 bits per heavy atom. The van der Waals surface area contributed by atoms with Crippen molar-refractivity contribution in [2.45, 2.75) is 0 Å². The molecule has 3 nitrogen and oxygen atoms in total. The Hall–Kier alpha value is -1.29. The van der Waals surface area contributed by atoms with Gasteiger partial charge in [-0.1, -0.05) is 0 Å². The van der Waals surface area contributed by atoms with Crippen LogP contribution in [0.15, 0.2) is 18.5 Å². The Labute approximate surface area is 72.2 Å². The van der Waals surface area contributed by atoms with E-state index in [-0.39, 0.29) is 5.28 Å². The minimum Gasteiger partial charge on any atom is -0.233 e. The van der Waals surface area contributed by atoms with Crippen LogP contribution in [0.5, 0.6) is 0 Å². The number of aromatic nitrogens is 3. The van der Waals surface area contributed by atoms with Gasteiger partial charge in [0.15, 0.2) is 5.65 Å². The maximum absolute atomic E-state index is 12.6. The van der Waals surface area contributed by atoms with Gasteiger partial charge in [-0.25, -0.2) is 14.4 Å². The van der Waals surface area contributed by atoms with Gasteiger partial charge in [0.05, 0.1) is 6.20 Å². The molecule has 0 N–H and O–H groups in total. The molecule has 0 atom stereocenters. The fraction of sp³-hybridized carbons (Fsp3) is 0. The Morgan fingerprint density at radius 3 is 2.92 bits per heavy atom. The fourth-order valence-electron chi connectivity index (χ4n) is 0.875. The molecule has 0 saturated carbocycles. The molecule has 60 valence electrons. The van der Waals surface area contributed by atoms with Gasteiger partial charge >= 0.3 is 0 Å². The van der Waals surface area contributed by atoms with Gasteiger partial charge in [-0.2, -0.15) is 4.98 Å². The van der Waals surface area contributed by atoms with Crippen molar-refractivity contribution in [3.63, 3.8) is 0 Å². The predicted octanol–water partition coefficient (Wildman–Crippen LogP) is 1.82. The highest BCUT2D eigenvalue weighted by molar-refractivity contribution is 6.28. The fourth-order valence-corrected chi connectivity index (χ4v) is 1.00. The van der Waals surface area contributed by atoms with E-state index in [9.17, 15) is 4.39 Å². The molecule has 5 heteroatoms. The maximum atomic E-state index is 12.6. The lowest BCUT2D eigenvalue weighted by Gasteiger charge is -1.94. The van der Waals surface area contributed by atoms with Crippen LogP contribution in [0.1, 0.15) is 0 Å². The summed E-state index contributed by atoms with van der Waals surface area (Å²) in [4.78, 5) is 11.2. The summed E-state index contributed by atoms with van der Waals surface area (Å²) in [5, 5.41) is 0.654. The predicted molar refractivity (Wildman–Crippen MR) is 42.3 cm³/mol. The summed E-state index contributed by atoms with van der Waals surface area (Å²) in [6.07, 6.45) is 2.52. The van der Waals surface area contributed by atoms with Gasteiger partial charge in [-0.3, -0.25) is 0 Å². The van der Waals surface area contributed by atoms with Crippen LogP contribution in [-0.4, -0.2) is 15.0 Å². The zero-order valence-corrected chi connectivity index (χ0v) is 6.59. The molecule has 0 bridgehead atoms. The van der Waals surface area contributed by atoms with Crippen LogP contribution in [-0.2, 0) is 0 Å². The molecule has 0 aliphatic heterocycles. The first-order valence-corrected chi connectivity index (χ1v) is 3.57. The number of halogens is 2. The lowest BCUT2D eigenvalue weighted by atomic mass is 10.3. The van der Waals surface area contributed by atoms with Gasteiger partial charge in [0.1, 0.15) is 5.82 Å². The SMILES string of the molecule is Fc1cnc2nc(Cl)ncc2c1. The molecule has 0 radical (unpaired) electrons. The van der Waals surface area contributed by atoms with E-state index in [1.165, 1.54) is 12.3 Å². The van der Waals surface area contributed by atoms with Crippen LogP contribution < -0.4 is 0 Å². The van der Waals surface area contributed by atoms with E-state index in [4.69, 9.17) is 11.6 Å². The van der Waals surface area contributed by atoms with Crippen LogP contribution in [0.25, 0.3) is 11.0 Å². The molecule has 2 rings (SSSR count). The summed E-state index contributed by atoms with van der Waals surface area (Å²) in [5.74, 6) is -0.409. The minimum atomic E-state index is -0.409. The van der Waals surface area contributed by atoms with Crippen LogP contribution >= 0.6 is 11.6 Å². The van der Waals surface area contributed by atoms with E-state index in [2.05, 4.69) is 15.0 Å². The second-order valence-electron chi connectivity index (χ2n) is 2.21. The van der Waals surface area contributed by atoms with E-state index >= 15 is 0 Å². The molecule has 0 spiro atoms. The molecule has 0 aliphatic rings. The van der Waals surface area contributed by atoms with Gasteiger partial charge in [0, 0.05) is 11.6 Å². The third kappa shape index (κ3) is 1.21. The molecule has 0 fully saturated rings. The molecular weight excluding hydrogens is 181 g/mol. The molecule has 12 heavy (non-hydrogen) atoms. The van der Waals surface area contributed by atoms with Crippen LogP contribution in [0.4, 0.5) is 4.39 Å². The molecule has 0 amide bonds. The molecule has 0 aromatic carbocycles. The molecule has 2 aromatic rings. The minimum absolute atomic E-state index is 0.113. The monoisotopic (exact) mass is 183 g/mol. The standard InChI is InChI=1S/C7H3ClFN3/c8-7-11-2-4-1-5(9)3-10-6(4)12-7/h1-3H. The van der Waals surface area contributed by atoms with Crippen molar-refractivity contribution in [1.82, 2.24) is 15.0 Å². The zero-order chi connectivity index (χ0) is 8.55. The van der Waals surface area contributed by atoms with Crippen LogP contribution in [0.2, 0.25) is 5.28 Å². The summed E-state index contributed by atoms with van der Waals surface area (Å²) in [6, 6.07) is 1.30. The van der Waals surface area contributed by atoms with Gasteiger partial charge in [-0.05, 0) is 17.7 Å². The largest absolute Gasteiger partial charge is 0.233 e. The van der Waals surface area contributed by atoms with Crippen molar-refractivity contribution < 1.29 is 4.39 Å². The Kier molecular flexibility index (Phi) is 1.62. The second-order valence-corrected chi connectivity index (χ2v) is 2.54. The van der Waals surface area contributed by atoms with E-state index in [0.29, 0.717) is 11.0 Å². The first kappa shape index (κ1) is 7.36. The summed E-state index contributed by atoms with van der Waals surface area (Å²) in [5.41, 5.74) is 0.399. The highest BCUT2D eigenvalue weighted by atomic mass is 35.5. The van der Waals surface area contributed by atoms with Gasteiger partial charge < -0.3 is 0 Å². The number of fused-ring (bicyclic) bond motifs is 1. The lowest BCUT2D eigenvalue weighted by molar-refractivity contribution is 0.624. The van der Waals surface area contributed by atoms with Crippen LogP contribution in [0.3, 0.4) is 0 Å². The highest BCUT2D eigenvalue weighted by Gasteiger charge is 1.99. The summed E-state index contributed by atoms with van der Waals surface area (Å²) < 4.78 is 12.6. The molecule has 0 saturated heterocycles. The second kappa shape index (κ2) is 2.64. The number of hydrogen-bond donors (Lipinski definition) is 0.